The lowest BCUT2D eigenvalue weighted by molar-refractivity contribution is 0.381. The van der Waals surface area contributed by atoms with Gasteiger partial charge in [0.25, 0.3) is 10.1 Å². The topological polar surface area (TPSA) is 57.6 Å². The van der Waals surface area contributed by atoms with E-state index in [1.54, 1.807) is 19.3 Å². The Balaban J connectivity index is 2.83. The summed E-state index contributed by atoms with van der Waals surface area (Å²) in [6.45, 7) is 1.72. The largest absolute Gasteiger partial charge is 0.336 e. The minimum absolute atomic E-state index is 0.355. The fourth-order valence-corrected chi connectivity index (χ4v) is 2.13. The van der Waals surface area contributed by atoms with Crippen LogP contribution in [-0.2, 0) is 10.1 Å². The predicted molar refractivity (Wildman–Crippen MR) is 50.4 cm³/mol. The molecule has 0 fully saturated rings. The zero-order valence-corrected chi connectivity index (χ0v) is 8.24. The van der Waals surface area contributed by atoms with Crippen molar-refractivity contribution in [3.63, 3.8) is 0 Å². The zero-order valence-electron chi connectivity index (χ0n) is 7.42. The molecule has 74 valence electrons. The van der Waals surface area contributed by atoms with E-state index in [4.69, 9.17) is 4.55 Å². The number of nitrogens with zero attached hydrogens (tertiary/aromatic N) is 1. The first-order chi connectivity index (χ1) is 6.05. The molecule has 0 aliphatic carbocycles. The minimum Gasteiger partial charge on any atom is -0.336 e. The molecule has 1 aliphatic rings. The monoisotopic (exact) mass is 203 g/mol. The molecular formula is C8H13NO3S. The summed E-state index contributed by atoms with van der Waals surface area (Å²) in [5, 5.41) is -0.861. The average molecular weight is 203 g/mol. The second-order valence-electron chi connectivity index (χ2n) is 2.83. The van der Waals surface area contributed by atoms with E-state index in [0.29, 0.717) is 6.42 Å². The molecule has 1 atom stereocenters. The molecule has 0 saturated heterocycles. The first-order valence-electron chi connectivity index (χ1n) is 4.12. The molecule has 1 unspecified atom stereocenters. The van der Waals surface area contributed by atoms with Gasteiger partial charge in [0, 0.05) is 12.4 Å². The van der Waals surface area contributed by atoms with Crippen LogP contribution in [0.4, 0.5) is 0 Å². The van der Waals surface area contributed by atoms with Crippen molar-refractivity contribution in [1.82, 2.24) is 4.90 Å². The van der Waals surface area contributed by atoms with E-state index >= 15 is 0 Å². The maximum absolute atomic E-state index is 10.9. The van der Waals surface area contributed by atoms with E-state index < -0.39 is 15.5 Å². The molecule has 0 saturated carbocycles. The van der Waals surface area contributed by atoms with Crippen LogP contribution in [0.15, 0.2) is 24.6 Å². The lowest BCUT2D eigenvalue weighted by Gasteiger charge is -2.25. The van der Waals surface area contributed by atoms with Gasteiger partial charge in [-0.05, 0) is 12.8 Å². The smallest absolute Gasteiger partial charge is 0.286 e. The Morgan fingerprint density at radius 2 is 2.00 bits per heavy atom. The fourth-order valence-electron chi connectivity index (χ4n) is 1.26. The van der Waals surface area contributed by atoms with Crippen molar-refractivity contribution < 1.29 is 13.0 Å². The van der Waals surface area contributed by atoms with Crippen LogP contribution in [0.25, 0.3) is 0 Å². The maximum Gasteiger partial charge on any atom is 0.286 e. The first-order valence-corrected chi connectivity index (χ1v) is 5.63. The molecule has 4 nitrogen and oxygen atoms in total. The summed E-state index contributed by atoms with van der Waals surface area (Å²) in [6.07, 6.45) is 8.18. The Morgan fingerprint density at radius 1 is 1.46 bits per heavy atom. The highest BCUT2D eigenvalue weighted by Crippen LogP contribution is 2.14. The molecule has 0 bridgehead atoms. The van der Waals surface area contributed by atoms with Crippen molar-refractivity contribution in [2.24, 2.45) is 0 Å². The number of hydrogen-bond donors (Lipinski definition) is 1. The van der Waals surface area contributed by atoms with Crippen LogP contribution in [0.5, 0.6) is 0 Å². The van der Waals surface area contributed by atoms with Gasteiger partial charge in [0.1, 0.15) is 0 Å². The molecular weight excluding hydrogens is 190 g/mol. The Hall–Kier alpha value is -0.810. The Kier molecular flexibility index (Phi) is 3.11. The highest BCUT2D eigenvalue weighted by molar-refractivity contribution is 7.86. The van der Waals surface area contributed by atoms with Gasteiger partial charge in [0.2, 0.25) is 0 Å². The molecule has 1 N–H and O–H groups in total. The van der Waals surface area contributed by atoms with Crippen LogP contribution in [0.2, 0.25) is 0 Å². The van der Waals surface area contributed by atoms with E-state index in [1.165, 1.54) is 4.90 Å². The Morgan fingerprint density at radius 3 is 2.38 bits per heavy atom. The van der Waals surface area contributed by atoms with Gasteiger partial charge in [-0.2, -0.15) is 8.42 Å². The lowest BCUT2D eigenvalue weighted by Crippen LogP contribution is -2.33. The van der Waals surface area contributed by atoms with E-state index in [-0.39, 0.29) is 0 Å². The quantitative estimate of drug-likeness (QED) is 0.703. The van der Waals surface area contributed by atoms with Crippen LogP contribution in [0.3, 0.4) is 0 Å². The van der Waals surface area contributed by atoms with Gasteiger partial charge in [0.15, 0.2) is 5.37 Å². The summed E-state index contributed by atoms with van der Waals surface area (Å²) in [4.78, 5) is 1.50. The van der Waals surface area contributed by atoms with Gasteiger partial charge < -0.3 is 4.90 Å². The van der Waals surface area contributed by atoms with Crippen molar-refractivity contribution in [2.45, 2.75) is 25.1 Å². The fraction of sp³-hybridized carbons (Fsp3) is 0.500. The van der Waals surface area contributed by atoms with Crippen molar-refractivity contribution in [3.05, 3.63) is 24.6 Å². The van der Waals surface area contributed by atoms with Crippen molar-refractivity contribution in [3.8, 4) is 0 Å². The lowest BCUT2D eigenvalue weighted by atomic mass is 10.3. The number of hydrogen-bond acceptors (Lipinski definition) is 3. The Bertz CT molecular complexity index is 306. The van der Waals surface area contributed by atoms with Crippen molar-refractivity contribution in [1.29, 1.82) is 0 Å². The summed E-state index contributed by atoms with van der Waals surface area (Å²) in [5.41, 5.74) is 0. The molecule has 1 rings (SSSR count). The summed E-state index contributed by atoms with van der Waals surface area (Å²) >= 11 is 0. The third kappa shape index (κ3) is 2.57. The molecule has 0 aromatic heterocycles. The standard InChI is InChI=1S/C8H13NO3S/c1-2-8(13(10,11)12)9-6-4-3-5-7-9/h4-8H,2-3H2,1H3,(H,10,11,12). The SMILES string of the molecule is CCC(N1C=CCC=C1)S(=O)(=O)O. The maximum atomic E-state index is 10.9. The van der Waals surface area contributed by atoms with Crippen LogP contribution in [0, 0.1) is 0 Å². The predicted octanol–water partition coefficient (Wildman–Crippen LogP) is 1.34. The van der Waals surface area contributed by atoms with Gasteiger partial charge in [-0.15, -0.1) is 0 Å². The van der Waals surface area contributed by atoms with Crippen molar-refractivity contribution in [2.75, 3.05) is 0 Å². The van der Waals surface area contributed by atoms with Crippen LogP contribution < -0.4 is 0 Å². The van der Waals surface area contributed by atoms with E-state index in [1.807, 2.05) is 12.2 Å². The summed E-state index contributed by atoms with van der Waals surface area (Å²) in [5.74, 6) is 0. The summed E-state index contributed by atoms with van der Waals surface area (Å²) in [7, 11) is -3.99. The average Bonchev–Trinajstić information content (AvgIpc) is 2.05. The van der Waals surface area contributed by atoms with Crippen LogP contribution in [-0.4, -0.2) is 23.2 Å². The van der Waals surface area contributed by atoms with Gasteiger partial charge >= 0.3 is 0 Å². The molecule has 0 radical (unpaired) electrons. The molecule has 0 spiro atoms. The highest BCUT2D eigenvalue weighted by Gasteiger charge is 2.25. The van der Waals surface area contributed by atoms with E-state index in [9.17, 15) is 8.42 Å². The van der Waals surface area contributed by atoms with Gasteiger partial charge in [-0.1, -0.05) is 19.1 Å². The van der Waals surface area contributed by atoms with E-state index in [2.05, 4.69) is 0 Å². The van der Waals surface area contributed by atoms with Gasteiger partial charge in [0.05, 0.1) is 0 Å². The van der Waals surface area contributed by atoms with E-state index in [0.717, 1.165) is 6.42 Å². The molecule has 0 aromatic carbocycles. The van der Waals surface area contributed by atoms with Crippen LogP contribution in [0.1, 0.15) is 19.8 Å². The first kappa shape index (κ1) is 10.3. The molecule has 0 aromatic rings. The minimum atomic E-state index is -3.99. The Labute approximate surface area is 78.3 Å². The second-order valence-corrected chi connectivity index (χ2v) is 4.40. The van der Waals surface area contributed by atoms with Gasteiger partial charge in [-0.25, -0.2) is 0 Å². The van der Waals surface area contributed by atoms with Gasteiger partial charge in [-0.3, -0.25) is 4.55 Å². The molecule has 0 amide bonds. The summed E-state index contributed by atoms with van der Waals surface area (Å²) < 4.78 is 30.7. The highest BCUT2D eigenvalue weighted by atomic mass is 32.2. The summed E-state index contributed by atoms with van der Waals surface area (Å²) in [6, 6.07) is 0. The molecule has 13 heavy (non-hydrogen) atoms. The zero-order chi connectivity index (χ0) is 9.90. The van der Waals surface area contributed by atoms with Crippen LogP contribution >= 0.6 is 0 Å². The third-order valence-corrected chi connectivity index (χ3v) is 3.12. The molecule has 1 aliphatic heterocycles. The normalized spacial score (nSPS) is 19.1. The van der Waals surface area contributed by atoms with Crippen molar-refractivity contribution >= 4 is 10.1 Å². The third-order valence-electron chi connectivity index (χ3n) is 1.85. The molecule has 1 heterocycles. The number of allylic oxidation sites excluding steroid dienone is 2. The molecule has 5 heteroatoms. The second kappa shape index (κ2) is 3.93. The number of rotatable bonds is 3.